The third-order valence-corrected chi connectivity index (χ3v) is 3.87. The normalized spacial score (nSPS) is 11.0. The van der Waals surface area contributed by atoms with Gasteiger partial charge in [-0.2, -0.15) is 0 Å². The summed E-state index contributed by atoms with van der Waals surface area (Å²) in [6, 6.07) is 12.3. The standard InChI is InChI=1S/C17H19BrClNO/c1-11(2)20-10-13-4-7-16(12(3)8-13)21-17-9-14(18)5-6-15(17)19/h4-9,11,20H,10H2,1-3H3. The van der Waals surface area contributed by atoms with Crippen molar-refractivity contribution >= 4 is 27.5 Å². The van der Waals surface area contributed by atoms with E-state index >= 15 is 0 Å². The number of rotatable bonds is 5. The van der Waals surface area contributed by atoms with E-state index in [1.165, 1.54) is 5.56 Å². The van der Waals surface area contributed by atoms with Gasteiger partial charge in [-0.25, -0.2) is 0 Å². The molecule has 4 heteroatoms. The number of ether oxygens (including phenoxy) is 1. The highest BCUT2D eigenvalue weighted by Crippen LogP contribution is 2.33. The Bertz CT molecular complexity index is 628. The summed E-state index contributed by atoms with van der Waals surface area (Å²) >= 11 is 9.59. The van der Waals surface area contributed by atoms with E-state index < -0.39 is 0 Å². The molecule has 1 N–H and O–H groups in total. The van der Waals surface area contributed by atoms with Crippen LogP contribution in [0.2, 0.25) is 5.02 Å². The molecule has 2 rings (SSSR count). The van der Waals surface area contributed by atoms with E-state index in [0.29, 0.717) is 16.8 Å². The van der Waals surface area contributed by atoms with Crippen molar-refractivity contribution in [1.82, 2.24) is 5.32 Å². The highest BCUT2D eigenvalue weighted by molar-refractivity contribution is 9.10. The summed E-state index contributed by atoms with van der Waals surface area (Å²) in [6.45, 7) is 7.18. The minimum Gasteiger partial charge on any atom is -0.455 e. The molecule has 0 aliphatic carbocycles. The molecular weight excluding hydrogens is 350 g/mol. The lowest BCUT2D eigenvalue weighted by Crippen LogP contribution is -2.21. The first-order chi connectivity index (χ1) is 9.95. The molecule has 0 radical (unpaired) electrons. The van der Waals surface area contributed by atoms with E-state index in [2.05, 4.69) is 47.2 Å². The minimum absolute atomic E-state index is 0.474. The second kappa shape index (κ2) is 7.30. The predicted molar refractivity (Wildman–Crippen MR) is 92.4 cm³/mol. The first-order valence-electron chi connectivity index (χ1n) is 6.91. The molecule has 0 bridgehead atoms. The van der Waals surface area contributed by atoms with Crippen molar-refractivity contribution in [3.05, 3.63) is 57.0 Å². The lowest BCUT2D eigenvalue weighted by molar-refractivity contribution is 0.478. The zero-order chi connectivity index (χ0) is 15.4. The monoisotopic (exact) mass is 367 g/mol. The SMILES string of the molecule is Cc1cc(CNC(C)C)ccc1Oc1cc(Br)ccc1Cl. The molecule has 2 nitrogen and oxygen atoms in total. The van der Waals surface area contributed by atoms with Gasteiger partial charge in [0.25, 0.3) is 0 Å². The van der Waals surface area contributed by atoms with Gasteiger partial charge in [-0.05, 0) is 42.3 Å². The van der Waals surface area contributed by atoms with Gasteiger partial charge in [0.1, 0.15) is 11.5 Å². The number of benzene rings is 2. The van der Waals surface area contributed by atoms with E-state index in [0.717, 1.165) is 22.3 Å². The summed E-state index contributed by atoms with van der Waals surface area (Å²) in [5.41, 5.74) is 2.34. The Balaban J connectivity index is 2.15. The van der Waals surface area contributed by atoms with Crippen LogP contribution in [0.15, 0.2) is 40.9 Å². The van der Waals surface area contributed by atoms with Crippen molar-refractivity contribution in [2.45, 2.75) is 33.4 Å². The molecule has 2 aromatic rings. The predicted octanol–water partition coefficient (Wildman–Crippen LogP) is 5.70. The largest absolute Gasteiger partial charge is 0.455 e. The van der Waals surface area contributed by atoms with Crippen molar-refractivity contribution in [1.29, 1.82) is 0 Å². The van der Waals surface area contributed by atoms with E-state index in [9.17, 15) is 0 Å². The zero-order valence-corrected chi connectivity index (χ0v) is 14.8. The summed E-state index contributed by atoms with van der Waals surface area (Å²) in [7, 11) is 0. The number of aryl methyl sites for hydroxylation is 1. The molecular formula is C17H19BrClNO. The van der Waals surface area contributed by atoms with Crippen LogP contribution in [0.1, 0.15) is 25.0 Å². The average Bonchev–Trinajstić information content (AvgIpc) is 2.43. The highest BCUT2D eigenvalue weighted by atomic mass is 79.9. The maximum Gasteiger partial charge on any atom is 0.147 e. The smallest absolute Gasteiger partial charge is 0.147 e. The molecule has 0 atom stereocenters. The summed E-state index contributed by atoms with van der Waals surface area (Å²) in [5, 5.41) is 4.01. The zero-order valence-electron chi connectivity index (χ0n) is 12.4. The Morgan fingerprint density at radius 2 is 1.90 bits per heavy atom. The van der Waals surface area contributed by atoms with Gasteiger partial charge in [0.15, 0.2) is 0 Å². The Kier molecular flexibility index (Phi) is 5.68. The van der Waals surface area contributed by atoms with Crippen molar-refractivity contribution < 1.29 is 4.74 Å². The molecule has 2 aromatic carbocycles. The molecule has 0 fully saturated rings. The summed E-state index contributed by atoms with van der Waals surface area (Å²) in [5.74, 6) is 1.48. The van der Waals surface area contributed by atoms with Crippen LogP contribution < -0.4 is 10.1 Å². The maximum absolute atomic E-state index is 6.16. The van der Waals surface area contributed by atoms with Crippen LogP contribution in [-0.2, 0) is 6.54 Å². The minimum atomic E-state index is 0.474. The molecule has 0 aliphatic heterocycles. The van der Waals surface area contributed by atoms with Crippen LogP contribution in [-0.4, -0.2) is 6.04 Å². The Morgan fingerprint density at radius 1 is 1.14 bits per heavy atom. The number of hydrogen-bond acceptors (Lipinski definition) is 2. The summed E-state index contributed by atoms with van der Waals surface area (Å²) in [6.07, 6.45) is 0. The Hall–Kier alpha value is -1.03. The lowest BCUT2D eigenvalue weighted by Gasteiger charge is -2.13. The van der Waals surface area contributed by atoms with Crippen LogP contribution in [0.5, 0.6) is 11.5 Å². The topological polar surface area (TPSA) is 21.3 Å². The van der Waals surface area contributed by atoms with Gasteiger partial charge in [-0.1, -0.05) is 53.5 Å². The van der Waals surface area contributed by atoms with Crippen molar-refractivity contribution in [3.63, 3.8) is 0 Å². The number of nitrogens with one attached hydrogen (secondary N) is 1. The fourth-order valence-corrected chi connectivity index (χ4v) is 2.43. The lowest BCUT2D eigenvalue weighted by atomic mass is 10.1. The van der Waals surface area contributed by atoms with Gasteiger partial charge in [0, 0.05) is 17.1 Å². The van der Waals surface area contributed by atoms with E-state index in [4.69, 9.17) is 16.3 Å². The molecule has 112 valence electrons. The van der Waals surface area contributed by atoms with E-state index in [-0.39, 0.29) is 0 Å². The van der Waals surface area contributed by atoms with Gasteiger partial charge in [-0.3, -0.25) is 0 Å². The van der Waals surface area contributed by atoms with Crippen LogP contribution in [0, 0.1) is 6.92 Å². The highest BCUT2D eigenvalue weighted by Gasteiger charge is 2.07. The van der Waals surface area contributed by atoms with Crippen LogP contribution in [0.4, 0.5) is 0 Å². The van der Waals surface area contributed by atoms with Crippen molar-refractivity contribution in [2.75, 3.05) is 0 Å². The fraction of sp³-hybridized carbons (Fsp3) is 0.294. The molecule has 0 saturated carbocycles. The molecule has 21 heavy (non-hydrogen) atoms. The van der Waals surface area contributed by atoms with Gasteiger partial charge >= 0.3 is 0 Å². The molecule has 0 spiro atoms. The van der Waals surface area contributed by atoms with Crippen molar-refractivity contribution in [3.8, 4) is 11.5 Å². The first-order valence-corrected chi connectivity index (χ1v) is 8.08. The van der Waals surface area contributed by atoms with Gasteiger partial charge in [-0.15, -0.1) is 0 Å². The average molecular weight is 369 g/mol. The third-order valence-electron chi connectivity index (χ3n) is 3.07. The number of hydrogen-bond donors (Lipinski definition) is 1. The molecule has 0 aromatic heterocycles. The molecule has 0 heterocycles. The van der Waals surface area contributed by atoms with Crippen LogP contribution in [0.3, 0.4) is 0 Å². The Labute approximate surface area is 139 Å². The molecule has 0 unspecified atom stereocenters. The Morgan fingerprint density at radius 3 is 2.57 bits per heavy atom. The molecule has 0 aliphatic rings. The second-order valence-electron chi connectivity index (χ2n) is 5.31. The van der Waals surface area contributed by atoms with Crippen molar-refractivity contribution in [2.24, 2.45) is 0 Å². The van der Waals surface area contributed by atoms with Gasteiger partial charge < -0.3 is 10.1 Å². The van der Waals surface area contributed by atoms with Crippen LogP contribution >= 0.6 is 27.5 Å². The summed E-state index contributed by atoms with van der Waals surface area (Å²) < 4.78 is 6.86. The summed E-state index contributed by atoms with van der Waals surface area (Å²) in [4.78, 5) is 0. The molecule has 0 amide bonds. The fourth-order valence-electron chi connectivity index (χ4n) is 1.93. The quantitative estimate of drug-likeness (QED) is 0.730. The third kappa shape index (κ3) is 4.73. The molecule has 0 saturated heterocycles. The van der Waals surface area contributed by atoms with E-state index in [1.54, 1.807) is 0 Å². The first kappa shape index (κ1) is 16.3. The van der Waals surface area contributed by atoms with Gasteiger partial charge in [0.05, 0.1) is 5.02 Å². The van der Waals surface area contributed by atoms with Crippen LogP contribution in [0.25, 0.3) is 0 Å². The van der Waals surface area contributed by atoms with Gasteiger partial charge in [0.2, 0.25) is 0 Å². The number of halogens is 2. The maximum atomic E-state index is 6.16. The van der Waals surface area contributed by atoms with E-state index in [1.807, 2.05) is 31.2 Å². The second-order valence-corrected chi connectivity index (χ2v) is 6.64.